The lowest BCUT2D eigenvalue weighted by Crippen LogP contribution is -2.15. The van der Waals surface area contributed by atoms with E-state index < -0.39 is 15.2 Å². The molecule has 0 N–H and O–H groups in total. The van der Waals surface area contributed by atoms with Gasteiger partial charge in [-0.3, -0.25) is 4.99 Å². The second-order valence-corrected chi connectivity index (χ2v) is 5.92. The van der Waals surface area contributed by atoms with E-state index in [2.05, 4.69) is 20.9 Å². The van der Waals surface area contributed by atoms with Gasteiger partial charge in [-0.15, -0.1) is 0 Å². The summed E-state index contributed by atoms with van der Waals surface area (Å²) >= 11 is 3.14. The lowest BCUT2D eigenvalue weighted by atomic mass is 10.4. The predicted molar refractivity (Wildman–Crippen MR) is 62.9 cm³/mol. The zero-order valence-electron chi connectivity index (χ0n) is 7.67. The Hall–Kier alpha value is -0.940. The van der Waals surface area contributed by atoms with Gasteiger partial charge in [-0.1, -0.05) is 18.2 Å². The Morgan fingerprint density at radius 1 is 1.20 bits per heavy atom. The maximum Gasteiger partial charge on any atom is 0.205 e. The topological polar surface area (TPSA) is 46.5 Å². The van der Waals surface area contributed by atoms with Crippen molar-refractivity contribution in [3.8, 4) is 0 Å². The number of sulfone groups is 1. The van der Waals surface area contributed by atoms with Crippen LogP contribution in [0.25, 0.3) is 0 Å². The van der Waals surface area contributed by atoms with Gasteiger partial charge in [-0.25, -0.2) is 8.42 Å². The van der Waals surface area contributed by atoms with E-state index in [9.17, 15) is 8.42 Å². The summed E-state index contributed by atoms with van der Waals surface area (Å²) in [5.41, 5.74) is 0. The molecule has 0 fully saturated rings. The molecule has 0 aromatic heterocycles. The molecule has 1 aliphatic rings. The number of halogens is 1. The molecule has 0 radical (unpaired) electrons. The van der Waals surface area contributed by atoms with Crippen molar-refractivity contribution in [1.29, 1.82) is 0 Å². The zero-order chi connectivity index (χ0) is 10.9. The van der Waals surface area contributed by atoms with Gasteiger partial charge in [0, 0.05) is 0 Å². The van der Waals surface area contributed by atoms with Crippen LogP contribution in [0, 0.1) is 0 Å². The molecule has 1 aliphatic heterocycles. The molecule has 1 heterocycles. The summed E-state index contributed by atoms with van der Waals surface area (Å²) in [6.45, 7) is 0. The van der Waals surface area contributed by atoms with Crippen molar-refractivity contribution < 1.29 is 8.42 Å². The highest BCUT2D eigenvalue weighted by atomic mass is 79.9. The summed E-state index contributed by atoms with van der Waals surface area (Å²) in [5, 5.41) is -0.797. The summed E-state index contributed by atoms with van der Waals surface area (Å²) in [5.74, 6) is 0. The molecule has 0 aliphatic carbocycles. The largest absolute Gasteiger partial charge is 0.254 e. The SMILES string of the molecule is O=S(=O)(c1ccccc1)C1C=CC(Br)=N1. The number of hydrogen-bond acceptors (Lipinski definition) is 3. The average molecular weight is 286 g/mol. The molecule has 0 spiro atoms. The van der Waals surface area contributed by atoms with Crippen LogP contribution < -0.4 is 0 Å². The quantitative estimate of drug-likeness (QED) is 0.836. The van der Waals surface area contributed by atoms with E-state index in [1.807, 2.05) is 0 Å². The molecule has 78 valence electrons. The molecule has 1 unspecified atom stereocenters. The van der Waals surface area contributed by atoms with Crippen molar-refractivity contribution in [2.24, 2.45) is 4.99 Å². The molecule has 0 saturated carbocycles. The second kappa shape index (κ2) is 3.90. The fraction of sp³-hybridized carbons (Fsp3) is 0.100. The maximum absolute atomic E-state index is 12.0. The lowest BCUT2D eigenvalue weighted by molar-refractivity contribution is 0.590. The zero-order valence-corrected chi connectivity index (χ0v) is 10.1. The molecule has 0 bridgehead atoms. The van der Waals surface area contributed by atoms with Crippen molar-refractivity contribution in [1.82, 2.24) is 0 Å². The molecular weight excluding hydrogens is 278 g/mol. The molecule has 2 rings (SSSR count). The van der Waals surface area contributed by atoms with E-state index in [-0.39, 0.29) is 0 Å². The Bertz CT molecular complexity index is 520. The third kappa shape index (κ3) is 2.03. The van der Waals surface area contributed by atoms with E-state index in [1.165, 1.54) is 0 Å². The molecule has 0 amide bonds. The first-order chi connectivity index (χ1) is 7.10. The van der Waals surface area contributed by atoms with Gasteiger partial charge in [0.25, 0.3) is 0 Å². The van der Waals surface area contributed by atoms with E-state index >= 15 is 0 Å². The van der Waals surface area contributed by atoms with Crippen LogP contribution in [-0.4, -0.2) is 18.4 Å². The number of rotatable bonds is 2. The molecule has 15 heavy (non-hydrogen) atoms. The Balaban J connectivity index is 2.42. The Morgan fingerprint density at radius 3 is 2.40 bits per heavy atom. The van der Waals surface area contributed by atoms with Crippen LogP contribution in [0.15, 0.2) is 52.4 Å². The molecule has 3 nitrogen and oxygen atoms in total. The normalized spacial score (nSPS) is 20.3. The van der Waals surface area contributed by atoms with Crippen molar-refractivity contribution in [2.45, 2.75) is 10.3 Å². The summed E-state index contributed by atoms with van der Waals surface area (Å²) in [4.78, 5) is 4.27. The maximum atomic E-state index is 12.0. The fourth-order valence-corrected chi connectivity index (χ4v) is 3.15. The van der Waals surface area contributed by atoms with Gasteiger partial charge in [0.15, 0.2) is 5.37 Å². The van der Waals surface area contributed by atoms with Gasteiger partial charge in [-0.2, -0.15) is 0 Å². The smallest absolute Gasteiger partial charge is 0.205 e. The van der Waals surface area contributed by atoms with Gasteiger partial charge < -0.3 is 0 Å². The van der Waals surface area contributed by atoms with Gasteiger partial charge in [0.05, 0.1) is 4.90 Å². The third-order valence-electron chi connectivity index (χ3n) is 2.04. The minimum absolute atomic E-state index is 0.297. The van der Waals surface area contributed by atoms with Gasteiger partial charge in [0.1, 0.15) is 4.62 Å². The highest BCUT2D eigenvalue weighted by Crippen LogP contribution is 2.21. The van der Waals surface area contributed by atoms with Crippen LogP contribution in [-0.2, 0) is 9.84 Å². The average Bonchev–Trinajstić information content (AvgIpc) is 2.67. The van der Waals surface area contributed by atoms with Crippen LogP contribution in [0.2, 0.25) is 0 Å². The first-order valence-electron chi connectivity index (χ1n) is 4.31. The Labute approximate surface area is 96.6 Å². The number of benzene rings is 1. The third-order valence-corrected chi connectivity index (χ3v) is 4.34. The Kier molecular flexibility index (Phi) is 2.75. The van der Waals surface area contributed by atoms with E-state index in [4.69, 9.17) is 0 Å². The first kappa shape index (κ1) is 10.6. The van der Waals surface area contributed by atoms with Crippen LogP contribution in [0.1, 0.15) is 0 Å². The minimum atomic E-state index is -3.38. The predicted octanol–water partition coefficient (Wildman–Crippen LogP) is 2.15. The fourth-order valence-electron chi connectivity index (χ4n) is 1.29. The Morgan fingerprint density at radius 2 is 1.87 bits per heavy atom. The second-order valence-electron chi connectivity index (χ2n) is 3.06. The van der Waals surface area contributed by atoms with E-state index in [0.717, 1.165) is 0 Å². The van der Waals surface area contributed by atoms with Crippen molar-refractivity contribution >= 4 is 30.4 Å². The standard InChI is InChI=1S/C10H8BrNO2S/c11-9-6-7-10(12-9)15(13,14)8-4-2-1-3-5-8/h1-7,10H. The number of aliphatic imine (C=N–C) groups is 1. The summed E-state index contributed by atoms with van der Waals surface area (Å²) < 4.78 is 24.6. The number of nitrogens with zero attached hydrogens (tertiary/aromatic N) is 1. The molecule has 5 heteroatoms. The van der Waals surface area contributed by atoms with E-state index in [0.29, 0.717) is 9.52 Å². The van der Waals surface area contributed by atoms with Crippen LogP contribution in [0.4, 0.5) is 0 Å². The molecule has 0 saturated heterocycles. The minimum Gasteiger partial charge on any atom is -0.254 e. The van der Waals surface area contributed by atoms with Crippen LogP contribution in [0.3, 0.4) is 0 Å². The highest BCUT2D eigenvalue weighted by molar-refractivity contribution is 9.18. The van der Waals surface area contributed by atoms with Gasteiger partial charge in [0.2, 0.25) is 9.84 Å². The molecule has 1 aromatic carbocycles. The monoisotopic (exact) mass is 285 g/mol. The molecular formula is C10H8BrNO2S. The van der Waals surface area contributed by atoms with E-state index in [1.54, 1.807) is 42.5 Å². The first-order valence-corrected chi connectivity index (χ1v) is 6.65. The highest BCUT2D eigenvalue weighted by Gasteiger charge is 2.26. The van der Waals surface area contributed by atoms with Crippen LogP contribution >= 0.6 is 15.9 Å². The van der Waals surface area contributed by atoms with Crippen molar-refractivity contribution in [3.05, 3.63) is 42.5 Å². The summed E-state index contributed by atoms with van der Waals surface area (Å²) in [6.07, 6.45) is 3.21. The van der Waals surface area contributed by atoms with Gasteiger partial charge in [-0.05, 0) is 40.2 Å². The molecule has 1 aromatic rings. The number of allylic oxidation sites excluding steroid dienone is 1. The van der Waals surface area contributed by atoms with Crippen molar-refractivity contribution in [2.75, 3.05) is 0 Å². The molecule has 1 atom stereocenters. The summed E-state index contributed by atoms with van der Waals surface area (Å²) in [6, 6.07) is 8.33. The van der Waals surface area contributed by atoms with Gasteiger partial charge >= 0.3 is 0 Å². The van der Waals surface area contributed by atoms with Crippen LogP contribution in [0.5, 0.6) is 0 Å². The van der Waals surface area contributed by atoms with Crippen molar-refractivity contribution in [3.63, 3.8) is 0 Å². The number of hydrogen-bond donors (Lipinski definition) is 0. The lowest BCUT2D eigenvalue weighted by Gasteiger charge is -2.06. The summed E-state index contributed by atoms with van der Waals surface area (Å²) in [7, 11) is -3.38.